The van der Waals surface area contributed by atoms with E-state index in [1.54, 1.807) is 12.1 Å². The highest BCUT2D eigenvalue weighted by atomic mass is 19.4. The van der Waals surface area contributed by atoms with E-state index in [1.807, 2.05) is 4.90 Å². The van der Waals surface area contributed by atoms with E-state index in [2.05, 4.69) is 0 Å². The largest absolute Gasteiger partial charge is 0.412 e. The molecular weight excluding hydrogens is 283 g/mol. The van der Waals surface area contributed by atoms with E-state index in [4.69, 9.17) is 11.5 Å². The maximum absolute atomic E-state index is 12.5. The predicted molar refractivity (Wildman–Crippen MR) is 73.4 cm³/mol. The summed E-state index contributed by atoms with van der Waals surface area (Å²) in [5.41, 5.74) is 12.0. The number of primary amides is 1. The van der Waals surface area contributed by atoms with Gasteiger partial charge in [0.15, 0.2) is 0 Å². The SMILES string of the molecule is NC(=O)c1ccc(CN2CC=C(C(F)(F)F)CC2)c(N)c1. The average Bonchev–Trinajstić information content (AvgIpc) is 2.40. The summed E-state index contributed by atoms with van der Waals surface area (Å²) in [6.45, 7) is 0.987. The number of amides is 1. The molecule has 1 aromatic rings. The Hall–Kier alpha value is -2.02. The number of rotatable bonds is 3. The summed E-state index contributed by atoms with van der Waals surface area (Å²) in [5.74, 6) is -0.566. The van der Waals surface area contributed by atoms with Crippen LogP contribution in [0.25, 0.3) is 0 Å². The third kappa shape index (κ3) is 3.75. The molecule has 1 aliphatic heterocycles. The Balaban J connectivity index is 2.04. The van der Waals surface area contributed by atoms with Gasteiger partial charge in [0.2, 0.25) is 5.91 Å². The molecule has 0 aliphatic carbocycles. The van der Waals surface area contributed by atoms with Crippen LogP contribution in [0.2, 0.25) is 0 Å². The summed E-state index contributed by atoms with van der Waals surface area (Å²) in [6.07, 6.45) is -3.06. The molecule has 0 fully saturated rings. The van der Waals surface area contributed by atoms with Crippen LogP contribution in [0.5, 0.6) is 0 Å². The van der Waals surface area contributed by atoms with Crippen LogP contribution in [0.15, 0.2) is 29.8 Å². The first kappa shape index (κ1) is 15.4. The molecule has 4 nitrogen and oxygen atoms in total. The lowest BCUT2D eigenvalue weighted by Crippen LogP contribution is -2.31. The van der Waals surface area contributed by atoms with Crippen LogP contribution in [0, 0.1) is 0 Å². The number of benzene rings is 1. The minimum Gasteiger partial charge on any atom is -0.398 e. The fraction of sp³-hybridized carbons (Fsp3) is 0.357. The van der Waals surface area contributed by atoms with Crippen LogP contribution < -0.4 is 11.5 Å². The van der Waals surface area contributed by atoms with E-state index in [0.29, 0.717) is 24.3 Å². The highest BCUT2D eigenvalue weighted by Crippen LogP contribution is 2.30. The average molecular weight is 299 g/mol. The zero-order chi connectivity index (χ0) is 15.6. The van der Waals surface area contributed by atoms with E-state index >= 15 is 0 Å². The van der Waals surface area contributed by atoms with E-state index < -0.39 is 17.7 Å². The molecule has 1 heterocycles. The van der Waals surface area contributed by atoms with E-state index in [-0.39, 0.29) is 13.0 Å². The number of hydrogen-bond acceptors (Lipinski definition) is 3. The molecule has 0 atom stereocenters. The topological polar surface area (TPSA) is 72.4 Å². The van der Waals surface area contributed by atoms with Gasteiger partial charge in [0.05, 0.1) is 0 Å². The second kappa shape index (κ2) is 5.77. The first-order valence-electron chi connectivity index (χ1n) is 6.44. The highest BCUT2D eigenvalue weighted by molar-refractivity contribution is 5.93. The monoisotopic (exact) mass is 299 g/mol. The number of alkyl halides is 3. The molecule has 114 valence electrons. The third-order valence-corrected chi connectivity index (χ3v) is 3.48. The van der Waals surface area contributed by atoms with Gasteiger partial charge in [-0.15, -0.1) is 0 Å². The van der Waals surface area contributed by atoms with Crippen LogP contribution in [0.4, 0.5) is 18.9 Å². The molecule has 1 amide bonds. The molecule has 21 heavy (non-hydrogen) atoms. The van der Waals surface area contributed by atoms with Gasteiger partial charge in [-0.25, -0.2) is 0 Å². The summed E-state index contributed by atoms with van der Waals surface area (Å²) in [6, 6.07) is 4.73. The Morgan fingerprint density at radius 1 is 1.33 bits per heavy atom. The normalized spacial score (nSPS) is 16.6. The van der Waals surface area contributed by atoms with Gasteiger partial charge in [-0.05, 0) is 24.1 Å². The number of nitrogens with zero attached hydrogens (tertiary/aromatic N) is 1. The zero-order valence-corrected chi connectivity index (χ0v) is 11.3. The smallest absolute Gasteiger partial charge is 0.398 e. The van der Waals surface area contributed by atoms with Crippen molar-refractivity contribution in [1.82, 2.24) is 4.90 Å². The van der Waals surface area contributed by atoms with Gasteiger partial charge in [0.25, 0.3) is 0 Å². The van der Waals surface area contributed by atoms with Gasteiger partial charge < -0.3 is 11.5 Å². The van der Waals surface area contributed by atoms with Crippen LogP contribution in [-0.4, -0.2) is 30.1 Å². The molecule has 0 saturated heterocycles. The Labute approximate surface area is 120 Å². The van der Waals surface area contributed by atoms with Crippen molar-refractivity contribution in [2.45, 2.75) is 19.1 Å². The number of carbonyl (C=O) groups is 1. The summed E-state index contributed by atoms with van der Waals surface area (Å²) in [5, 5.41) is 0. The third-order valence-electron chi connectivity index (χ3n) is 3.48. The minimum atomic E-state index is -4.24. The number of halogens is 3. The van der Waals surface area contributed by atoms with Crippen LogP contribution in [0.1, 0.15) is 22.3 Å². The lowest BCUT2D eigenvalue weighted by molar-refractivity contribution is -0.0960. The molecule has 0 saturated carbocycles. The van der Waals surface area contributed by atoms with Gasteiger partial charge in [0, 0.05) is 36.5 Å². The van der Waals surface area contributed by atoms with E-state index in [1.165, 1.54) is 12.1 Å². The highest BCUT2D eigenvalue weighted by Gasteiger charge is 2.34. The summed E-state index contributed by atoms with van der Waals surface area (Å²) in [4.78, 5) is 12.9. The summed E-state index contributed by atoms with van der Waals surface area (Å²) in [7, 11) is 0. The van der Waals surface area contributed by atoms with Crippen molar-refractivity contribution in [1.29, 1.82) is 0 Å². The second-order valence-corrected chi connectivity index (χ2v) is 4.99. The van der Waals surface area contributed by atoms with Crippen LogP contribution >= 0.6 is 0 Å². The van der Waals surface area contributed by atoms with Gasteiger partial charge in [-0.3, -0.25) is 9.69 Å². The second-order valence-electron chi connectivity index (χ2n) is 4.99. The van der Waals surface area contributed by atoms with Crippen molar-refractivity contribution in [3.63, 3.8) is 0 Å². The van der Waals surface area contributed by atoms with Crippen molar-refractivity contribution in [2.24, 2.45) is 5.73 Å². The Morgan fingerprint density at radius 3 is 2.52 bits per heavy atom. The van der Waals surface area contributed by atoms with Crippen molar-refractivity contribution in [2.75, 3.05) is 18.8 Å². The van der Waals surface area contributed by atoms with Crippen LogP contribution in [-0.2, 0) is 6.54 Å². The first-order valence-corrected chi connectivity index (χ1v) is 6.44. The number of nitrogens with two attached hydrogens (primary N) is 2. The molecule has 0 bridgehead atoms. The predicted octanol–water partition coefficient (Wildman–Crippen LogP) is 2.06. The molecule has 0 unspecified atom stereocenters. The lowest BCUT2D eigenvalue weighted by Gasteiger charge is -2.27. The lowest BCUT2D eigenvalue weighted by atomic mass is 10.1. The molecule has 0 spiro atoms. The van der Waals surface area contributed by atoms with Crippen molar-refractivity contribution in [3.05, 3.63) is 41.0 Å². The van der Waals surface area contributed by atoms with Gasteiger partial charge >= 0.3 is 6.18 Å². The molecule has 1 aliphatic rings. The molecule has 1 aromatic carbocycles. The van der Waals surface area contributed by atoms with Crippen molar-refractivity contribution in [3.8, 4) is 0 Å². The minimum absolute atomic E-state index is 0.0250. The fourth-order valence-electron chi connectivity index (χ4n) is 2.25. The maximum atomic E-state index is 12.5. The molecule has 0 radical (unpaired) electrons. The number of nitrogen functional groups attached to an aromatic ring is 1. The first-order chi connectivity index (χ1) is 9.77. The van der Waals surface area contributed by atoms with Crippen molar-refractivity contribution < 1.29 is 18.0 Å². The summed E-state index contributed by atoms with van der Waals surface area (Å²) < 4.78 is 37.6. The van der Waals surface area contributed by atoms with Crippen LogP contribution in [0.3, 0.4) is 0 Å². The molecular formula is C14H16F3N3O. The Morgan fingerprint density at radius 2 is 2.05 bits per heavy atom. The maximum Gasteiger partial charge on any atom is 0.412 e. The van der Waals surface area contributed by atoms with E-state index in [0.717, 1.165) is 5.56 Å². The summed E-state index contributed by atoms with van der Waals surface area (Å²) >= 11 is 0. The number of carbonyl (C=O) groups excluding carboxylic acids is 1. The van der Waals surface area contributed by atoms with Gasteiger partial charge in [0.1, 0.15) is 0 Å². The standard InChI is InChI=1S/C14H16F3N3O/c15-14(16,17)11-3-5-20(6-4-11)8-10-2-1-9(13(19)21)7-12(10)18/h1-3,7H,4-6,8,18H2,(H2,19,21). The molecule has 4 N–H and O–H groups in total. The quantitative estimate of drug-likeness (QED) is 0.663. The number of anilines is 1. The molecule has 2 rings (SSSR count). The van der Waals surface area contributed by atoms with Gasteiger partial charge in [-0.2, -0.15) is 13.2 Å². The molecule has 0 aromatic heterocycles. The van der Waals surface area contributed by atoms with Crippen molar-refractivity contribution >= 4 is 11.6 Å². The Kier molecular flexibility index (Phi) is 4.22. The van der Waals surface area contributed by atoms with Gasteiger partial charge in [-0.1, -0.05) is 12.1 Å². The molecule has 7 heteroatoms. The fourth-order valence-corrected chi connectivity index (χ4v) is 2.25. The van der Waals surface area contributed by atoms with E-state index in [9.17, 15) is 18.0 Å². The Bertz CT molecular complexity index is 581. The number of hydrogen-bond donors (Lipinski definition) is 2. The zero-order valence-electron chi connectivity index (χ0n) is 11.3.